The predicted octanol–water partition coefficient (Wildman–Crippen LogP) is 1.91. The third kappa shape index (κ3) is 3.36. The summed E-state index contributed by atoms with van der Waals surface area (Å²) in [5.41, 5.74) is 0.605. The van der Waals surface area contributed by atoms with E-state index in [1.165, 1.54) is 6.07 Å². The monoisotopic (exact) mass is 307 g/mol. The summed E-state index contributed by atoms with van der Waals surface area (Å²) in [6.45, 7) is 6.60. The molecular formula is C15H21N3O4. The van der Waals surface area contributed by atoms with E-state index in [9.17, 15) is 14.9 Å². The summed E-state index contributed by atoms with van der Waals surface area (Å²) in [5, 5.41) is 11.1. The van der Waals surface area contributed by atoms with Crippen LogP contribution >= 0.6 is 0 Å². The molecule has 1 atom stereocenters. The molecule has 1 aliphatic rings. The zero-order valence-corrected chi connectivity index (χ0v) is 13.1. The number of ether oxygens (including phenoxy) is 1. The van der Waals surface area contributed by atoms with E-state index < -0.39 is 10.9 Å². The van der Waals surface area contributed by atoms with Crippen LogP contribution < -0.4 is 4.90 Å². The Labute approximate surface area is 129 Å². The van der Waals surface area contributed by atoms with E-state index in [-0.39, 0.29) is 23.9 Å². The molecule has 0 aromatic heterocycles. The smallest absolute Gasteiger partial charge is 0.345 e. The second kappa shape index (κ2) is 6.74. The van der Waals surface area contributed by atoms with Crippen LogP contribution in [0.5, 0.6) is 0 Å². The summed E-state index contributed by atoms with van der Waals surface area (Å²) in [6.07, 6.45) is 0. The van der Waals surface area contributed by atoms with Gasteiger partial charge in [0.05, 0.1) is 11.5 Å². The number of hydrogen-bond acceptors (Lipinski definition) is 6. The molecule has 2 rings (SSSR count). The Morgan fingerprint density at radius 1 is 1.45 bits per heavy atom. The Balaban J connectivity index is 2.36. The quantitative estimate of drug-likeness (QED) is 0.480. The first-order valence-corrected chi connectivity index (χ1v) is 7.34. The summed E-state index contributed by atoms with van der Waals surface area (Å²) in [7, 11) is 2.06. The fourth-order valence-electron chi connectivity index (χ4n) is 2.76. The molecule has 7 nitrogen and oxygen atoms in total. The lowest BCUT2D eigenvalue weighted by molar-refractivity contribution is -0.385. The van der Waals surface area contributed by atoms with Crippen molar-refractivity contribution in [3.63, 3.8) is 0 Å². The number of benzene rings is 1. The van der Waals surface area contributed by atoms with E-state index in [1.54, 1.807) is 19.1 Å². The number of esters is 1. The molecule has 0 bridgehead atoms. The van der Waals surface area contributed by atoms with Gasteiger partial charge in [-0.15, -0.1) is 0 Å². The number of piperazine rings is 1. The van der Waals surface area contributed by atoms with Crippen molar-refractivity contribution in [2.75, 3.05) is 38.2 Å². The molecule has 0 spiro atoms. The van der Waals surface area contributed by atoms with Gasteiger partial charge in [-0.05, 0) is 33.0 Å². The van der Waals surface area contributed by atoms with Crippen molar-refractivity contribution in [1.29, 1.82) is 0 Å². The lowest BCUT2D eigenvalue weighted by Crippen LogP contribution is -2.50. The minimum Gasteiger partial charge on any atom is -0.462 e. The van der Waals surface area contributed by atoms with Gasteiger partial charge in [-0.3, -0.25) is 10.1 Å². The summed E-state index contributed by atoms with van der Waals surface area (Å²) >= 11 is 0. The van der Waals surface area contributed by atoms with Crippen molar-refractivity contribution >= 4 is 17.3 Å². The molecule has 1 aromatic carbocycles. The van der Waals surface area contributed by atoms with Crippen molar-refractivity contribution in [2.45, 2.75) is 19.9 Å². The highest BCUT2D eigenvalue weighted by Crippen LogP contribution is 2.28. The highest BCUT2D eigenvalue weighted by molar-refractivity contribution is 5.95. The van der Waals surface area contributed by atoms with Gasteiger partial charge in [-0.25, -0.2) is 4.79 Å². The van der Waals surface area contributed by atoms with Gasteiger partial charge in [0.2, 0.25) is 0 Å². The number of nitrogens with zero attached hydrogens (tertiary/aromatic N) is 3. The Morgan fingerprint density at radius 3 is 2.77 bits per heavy atom. The maximum atomic E-state index is 12.0. The Hall–Kier alpha value is -2.15. The molecule has 7 heteroatoms. The molecule has 22 heavy (non-hydrogen) atoms. The summed E-state index contributed by atoms with van der Waals surface area (Å²) in [4.78, 5) is 26.9. The average Bonchev–Trinajstić information content (AvgIpc) is 2.46. The minimum atomic E-state index is -0.655. The molecule has 1 aromatic rings. The normalized spacial score (nSPS) is 19.0. The van der Waals surface area contributed by atoms with Crippen LogP contribution in [0, 0.1) is 10.1 Å². The topological polar surface area (TPSA) is 75.9 Å². The van der Waals surface area contributed by atoms with Gasteiger partial charge in [0.1, 0.15) is 5.56 Å². The third-order valence-corrected chi connectivity index (χ3v) is 3.83. The van der Waals surface area contributed by atoms with Crippen molar-refractivity contribution in [3.05, 3.63) is 33.9 Å². The number of nitro benzene ring substituents is 1. The van der Waals surface area contributed by atoms with E-state index in [2.05, 4.69) is 23.8 Å². The minimum absolute atomic E-state index is 0.00970. The number of likely N-dealkylation sites (N-methyl/N-ethyl adjacent to an activating group) is 1. The zero-order valence-electron chi connectivity index (χ0n) is 13.1. The van der Waals surface area contributed by atoms with Crippen LogP contribution in [0.2, 0.25) is 0 Å². The number of carbonyl (C=O) groups is 1. The third-order valence-electron chi connectivity index (χ3n) is 3.83. The van der Waals surface area contributed by atoms with Crippen molar-refractivity contribution < 1.29 is 14.5 Å². The highest BCUT2D eigenvalue weighted by atomic mass is 16.6. The molecule has 1 heterocycles. The maximum Gasteiger partial charge on any atom is 0.345 e. The lowest BCUT2D eigenvalue weighted by Gasteiger charge is -2.39. The SMILES string of the molecule is CCOC(=O)c1cc(N2CCN(C)C[C@H]2C)ccc1[N+](=O)[O-]. The molecule has 1 aliphatic heterocycles. The molecule has 1 saturated heterocycles. The molecule has 0 radical (unpaired) electrons. The molecule has 120 valence electrons. The molecular weight excluding hydrogens is 286 g/mol. The van der Waals surface area contributed by atoms with Crippen molar-refractivity contribution in [1.82, 2.24) is 4.90 Å². The van der Waals surface area contributed by atoms with Gasteiger partial charge in [0, 0.05) is 37.4 Å². The summed E-state index contributed by atoms with van der Waals surface area (Å²) < 4.78 is 4.93. The predicted molar refractivity (Wildman–Crippen MR) is 83.4 cm³/mol. The Kier molecular flexibility index (Phi) is 4.97. The van der Waals surface area contributed by atoms with Crippen LogP contribution in [-0.4, -0.2) is 55.1 Å². The molecule has 0 unspecified atom stereocenters. The fraction of sp³-hybridized carbons (Fsp3) is 0.533. The second-order valence-electron chi connectivity index (χ2n) is 5.48. The summed E-state index contributed by atoms with van der Waals surface area (Å²) in [5.74, 6) is -0.655. The van der Waals surface area contributed by atoms with Gasteiger partial charge in [-0.2, -0.15) is 0 Å². The number of anilines is 1. The first-order chi connectivity index (χ1) is 10.4. The van der Waals surface area contributed by atoms with Crippen LogP contribution in [0.3, 0.4) is 0 Å². The number of nitro groups is 1. The number of rotatable bonds is 4. The number of hydrogen-bond donors (Lipinski definition) is 0. The van der Waals surface area contributed by atoms with Crippen LogP contribution in [0.1, 0.15) is 24.2 Å². The first kappa shape index (κ1) is 16.2. The first-order valence-electron chi connectivity index (χ1n) is 7.34. The summed E-state index contributed by atoms with van der Waals surface area (Å²) in [6, 6.07) is 4.92. The molecule has 0 amide bonds. The average molecular weight is 307 g/mol. The maximum absolute atomic E-state index is 12.0. The molecule has 0 N–H and O–H groups in total. The van der Waals surface area contributed by atoms with Crippen LogP contribution in [0.4, 0.5) is 11.4 Å². The van der Waals surface area contributed by atoms with Gasteiger partial charge >= 0.3 is 5.97 Å². The van der Waals surface area contributed by atoms with Gasteiger partial charge in [-0.1, -0.05) is 0 Å². The van der Waals surface area contributed by atoms with Crippen molar-refractivity contribution in [3.8, 4) is 0 Å². The van der Waals surface area contributed by atoms with Crippen molar-refractivity contribution in [2.24, 2.45) is 0 Å². The van der Waals surface area contributed by atoms with Crippen LogP contribution in [0.25, 0.3) is 0 Å². The van der Waals surface area contributed by atoms with Gasteiger partial charge in [0.25, 0.3) is 5.69 Å². The van der Waals surface area contributed by atoms with E-state index in [4.69, 9.17) is 4.74 Å². The Bertz CT molecular complexity index is 576. The van der Waals surface area contributed by atoms with Gasteiger partial charge in [0.15, 0.2) is 0 Å². The highest BCUT2D eigenvalue weighted by Gasteiger charge is 2.26. The van der Waals surface area contributed by atoms with E-state index in [1.807, 2.05) is 0 Å². The van der Waals surface area contributed by atoms with Crippen LogP contribution in [-0.2, 0) is 4.74 Å². The fourth-order valence-corrected chi connectivity index (χ4v) is 2.76. The molecule has 0 aliphatic carbocycles. The molecule has 1 fully saturated rings. The van der Waals surface area contributed by atoms with Gasteiger partial charge < -0.3 is 14.5 Å². The molecule has 0 saturated carbocycles. The standard InChI is InChI=1S/C15H21N3O4/c1-4-22-15(19)13-9-12(5-6-14(13)18(20)21)17-8-7-16(3)10-11(17)2/h5-6,9,11H,4,7-8,10H2,1-3H3/t11-/m1/s1. The second-order valence-corrected chi connectivity index (χ2v) is 5.48. The lowest BCUT2D eigenvalue weighted by atomic mass is 10.1. The largest absolute Gasteiger partial charge is 0.462 e. The van der Waals surface area contributed by atoms with E-state index in [0.29, 0.717) is 0 Å². The van der Waals surface area contributed by atoms with Crippen LogP contribution in [0.15, 0.2) is 18.2 Å². The zero-order chi connectivity index (χ0) is 16.3. The van der Waals surface area contributed by atoms with E-state index in [0.717, 1.165) is 25.3 Å². The Morgan fingerprint density at radius 2 is 2.18 bits per heavy atom. The number of carbonyl (C=O) groups excluding carboxylic acids is 1. The van der Waals surface area contributed by atoms with E-state index >= 15 is 0 Å².